The fraction of sp³-hybridized carbons (Fsp3) is 0.143. The fourth-order valence-electron chi connectivity index (χ4n) is 2.71. The van der Waals surface area contributed by atoms with Gasteiger partial charge in [0.25, 0.3) is 0 Å². The maximum Gasteiger partial charge on any atom is 0.244 e. The smallest absolute Gasteiger partial charge is 0.244 e. The number of benzene rings is 2. The average Bonchev–Trinajstić information content (AvgIpc) is 3.39. The van der Waals surface area contributed by atoms with Crippen LogP contribution in [0.2, 0.25) is 0 Å². The summed E-state index contributed by atoms with van der Waals surface area (Å²) in [7, 11) is 0. The molecule has 0 radical (unpaired) electrons. The molecule has 0 fully saturated rings. The molecule has 6 nitrogen and oxygen atoms in total. The number of rotatable bonds is 7. The normalized spacial score (nSPS) is 12.4. The number of nitrogens with zero attached hydrogens (tertiary/aromatic N) is 1. The van der Waals surface area contributed by atoms with Crippen molar-refractivity contribution in [3.05, 3.63) is 66.4 Å². The van der Waals surface area contributed by atoms with Gasteiger partial charge in [-0.2, -0.15) is 0 Å². The number of aromatic nitrogens is 2. The zero-order valence-electron chi connectivity index (χ0n) is 15.1. The van der Waals surface area contributed by atoms with E-state index in [-0.39, 0.29) is 12.7 Å². The van der Waals surface area contributed by atoms with Gasteiger partial charge in [0, 0.05) is 18.4 Å². The van der Waals surface area contributed by atoms with Crippen molar-refractivity contribution in [2.75, 3.05) is 19.1 Å². The van der Waals surface area contributed by atoms with Crippen molar-refractivity contribution in [3.8, 4) is 22.8 Å². The molecule has 1 amide bonds. The molecule has 142 valence electrons. The summed E-state index contributed by atoms with van der Waals surface area (Å²) in [5.74, 6) is 2.02. The minimum Gasteiger partial charge on any atom is -0.454 e. The average molecular weight is 393 g/mol. The van der Waals surface area contributed by atoms with Crippen molar-refractivity contribution in [2.24, 2.45) is 0 Å². The Bertz CT molecular complexity index is 986. The molecule has 1 aliphatic rings. The number of H-pyrrole nitrogens is 1. The predicted octanol–water partition coefficient (Wildman–Crippen LogP) is 3.73. The third-order valence-electron chi connectivity index (χ3n) is 4.10. The first-order valence-corrected chi connectivity index (χ1v) is 9.85. The summed E-state index contributed by atoms with van der Waals surface area (Å²) in [6.07, 6.45) is 5.09. The summed E-state index contributed by atoms with van der Waals surface area (Å²) < 4.78 is 10.6. The van der Waals surface area contributed by atoms with E-state index < -0.39 is 0 Å². The molecule has 0 saturated heterocycles. The number of carbonyl (C=O) groups is 1. The Balaban J connectivity index is 1.21. The van der Waals surface area contributed by atoms with Crippen LogP contribution in [-0.2, 0) is 4.79 Å². The lowest BCUT2D eigenvalue weighted by molar-refractivity contribution is -0.116. The molecule has 7 heteroatoms. The van der Waals surface area contributed by atoms with Crippen LogP contribution in [-0.4, -0.2) is 35.0 Å². The zero-order valence-corrected chi connectivity index (χ0v) is 15.9. The van der Waals surface area contributed by atoms with E-state index in [1.54, 1.807) is 17.8 Å². The molecule has 4 rings (SSSR count). The van der Waals surface area contributed by atoms with E-state index in [4.69, 9.17) is 9.47 Å². The Hall–Kier alpha value is -3.19. The number of hydrogen-bond donors (Lipinski definition) is 2. The molecule has 2 N–H and O–H groups in total. The largest absolute Gasteiger partial charge is 0.454 e. The number of thioether (sulfide) groups is 1. The molecular formula is C21H19N3O3S. The minimum absolute atomic E-state index is 0.136. The van der Waals surface area contributed by atoms with Gasteiger partial charge in [0.05, 0.1) is 11.9 Å². The number of hydrogen-bond acceptors (Lipinski definition) is 5. The van der Waals surface area contributed by atoms with Crippen LogP contribution >= 0.6 is 11.8 Å². The molecule has 0 bridgehead atoms. The van der Waals surface area contributed by atoms with Gasteiger partial charge in [-0.15, -0.1) is 0 Å². The SMILES string of the molecule is O=C(/C=C/c1ccc2c(c1)OCO2)NCCSc1ncc(-c2ccccc2)[nH]1. The summed E-state index contributed by atoms with van der Waals surface area (Å²) in [5, 5.41) is 3.71. The molecule has 0 atom stereocenters. The Labute approximate surface area is 167 Å². The highest BCUT2D eigenvalue weighted by molar-refractivity contribution is 7.99. The van der Waals surface area contributed by atoms with Crippen LogP contribution < -0.4 is 14.8 Å². The first kappa shape index (κ1) is 18.2. The van der Waals surface area contributed by atoms with E-state index in [2.05, 4.69) is 15.3 Å². The van der Waals surface area contributed by atoms with Crippen LogP contribution in [0.3, 0.4) is 0 Å². The lowest BCUT2D eigenvalue weighted by Crippen LogP contribution is -2.23. The van der Waals surface area contributed by atoms with E-state index in [1.165, 1.54) is 6.08 Å². The predicted molar refractivity (Wildman–Crippen MR) is 109 cm³/mol. The summed E-state index contributed by atoms with van der Waals surface area (Å²) in [5.41, 5.74) is 2.97. The van der Waals surface area contributed by atoms with E-state index in [0.717, 1.165) is 33.5 Å². The van der Waals surface area contributed by atoms with Gasteiger partial charge < -0.3 is 19.8 Å². The summed E-state index contributed by atoms with van der Waals surface area (Å²) >= 11 is 1.57. The Morgan fingerprint density at radius 3 is 2.93 bits per heavy atom. The number of carbonyl (C=O) groups excluding carboxylic acids is 1. The first-order valence-electron chi connectivity index (χ1n) is 8.87. The molecule has 0 aliphatic carbocycles. The van der Waals surface area contributed by atoms with Crippen molar-refractivity contribution in [3.63, 3.8) is 0 Å². The molecule has 1 aliphatic heterocycles. The van der Waals surface area contributed by atoms with Crippen LogP contribution in [0.5, 0.6) is 11.5 Å². The summed E-state index contributed by atoms with van der Waals surface area (Å²) in [6.45, 7) is 0.791. The molecule has 3 aromatic rings. The van der Waals surface area contributed by atoms with E-state index in [0.29, 0.717) is 12.3 Å². The van der Waals surface area contributed by atoms with E-state index in [1.807, 2.05) is 54.7 Å². The second kappa shape index (κ2) is 8.67. The number of imidazole rings is 1. The number of nitrogens with one attached hydrogen (secondary N) is 2. The highest BCUT2D eigenvalue weighted by atomic mass is 32.2. The van der Waals surface area contributed by atoms with Gasteiger partial charge in [0.1, 0.15) is 0 Å². The van der Waals surface area contributed by atoms with Gasteiger partial charge in [-0.05, 0) is 29.3 Å². The summed E-state index contributed by atoms with van der Waals surface area (Å²) in [6, 6.07) is 15.6. The number of amides is 1. The highest BCUT2D eigenvalue weighted by Crippen LogP contribution is 2.32. The van der Waals surface area contributed by atoms with Crippen molar-refractivity contribution in [2.45, 2.75) is 5.16 Å². The molecule has 2 heterocycles. The Kier molecular flexibility index (Phi) is 5.63. The minimum atomic E-state index is -0.136. The van der Waals surface area contributed by atoms with Gasteiger partial charge in [-0.25, -0.2) is 4.98 Å². The van der Waals surface area contributed by atoms with Crippen LogP contribution in [0.1, 0.15) is 5.56 Å². The van der Waals surface area contributed by atoms with Gasteiger partial charge in [-0.1, -0.05) is 48.2 Å². The van der Waals surface area contributed by atoms with Crippen molar-refractivity contribution in [1.82, 2.24) is 15.3 Å². The maximum atomic E-state index is 12.0. The molecule has 0 spiro atoms. The zero-order chi connectivity index (χ0) is 19.2. The topological polar surface area (TPSA) is 76.2 Å². The summed E-state index contributed by atoms with van der Waals surface area (Å²) in [4.78, 5) is 19.6. The highest BCUT2D eigenvalue weighted by Gasteiger charge is 2.12. The second-order valence-electron chi connectivity index (χ2n) is 6.05. The van der Waals surface area contributed by atoms with Gasteiger partial charge in [-0.3, -0.25) is 4.79 Å². The molecule has 1 aromatic heterocycles. The monoisotopic (exact) mass is 393 g/mol. The first-order chi connectivity index (χ1) is 13.8. The third kappa shape index (κ3) is 4.55. The molecule has 2 aromatic carbocycles. The van der Waals surface area contributed by atoms with E-state index in [9.17, 15) is 4.79 Å². The van der Waals surface area contributed by atoms with Gasteiger partial charge in [0.15, 0.2) is 16.7 Å². The maximum absolute atomic E-state index is 12.0. The quantitative estimate of drug-likeness (QED) is 0.363. The molecular weight excluding hydrogens is 374 g/mol. The Morgan fingerprint density at radius 1 is 1.18 bits per heavy atom. The molecule has 0 saturated carbocycles. The lowest BCUT2D eigenvalue weighted by Gasteiger charge is -2.01. The van der Waals surface area contributed by atoms with Crippen molar-refractivity contribution in [1.29, 1.82) is 0 Å². The van der Waals surface area contributed by atoms with Gasteiger partial charge in [0.2, 0.25) is 12.7 Å². The van der Waals surface area contributed by atoms with Crippen LogP contribution in [0.15, 0.2) is 66.0 Å². The molecule has 28 heavy (non-hydrogen) atoms. The Morgan fingerprint density at radius 2 is 2.04 bits per heavy atom. The van der Waals surface area contributed by atoms with Crippen LogP contribution in [0.25, 0.3) is 17.3 Å². The second-order valence-corrected chi connectivity index (χ2v) is 7.14. The number of ether oxygens (including phenoxy) is 2. The standard InChI is InChI=1S/C21H19N3O3S/c25-20(9-7-15-6-8-18-19(12-15)27-14-26-18)22-10-11-28-21-23-13-17(24-21)16-4-2-1-3-5-16/h1-9,12-13H,10-11,14H2,(H,22,25)(H,23,24)/b9-7+. The number of fused-ring (bicyclic) bond motifs is 1. The van der Waals surface area contributed by atoms with Gasteiger partial charge >= 0.3 is 0 Å². The lowest BCUT2D eigenvalue weighted by atomic mass is 10.2. The van der Waals surface area contributed by atoms with Crippen molar-refractivity contribution < 1.29 is 14.3 Å². The molecule has 0 unspecified atom stereocenters. The number of aromatic amines is 1. The third-order valence-corrected chi connectivity index (χ3v) is 4.99. The van der Waals surface area contributed by atoms with Crippen LogP contribution in [0, 0.1) is 0 Å². The fourth-order valence-corrected chi connectivity index (χ4v) is 3.42. The van der Waals surface area contributed by atoms with Crippen LogP contribution in [0.4, 0.5) is 0 Å². The van der Waals surface area contributed by atoms with E-state index >= 15 is 0 Å². The van der Waals surface area contributed by atoms with Crippen molar-refractivity contribution >= 4 is 23.7 Å².